The molecule has 1 aliphatic heterocycles. The van der Waals surface area contributed by atoms with Crippen LogP contribution in [0.1, 0.15) is 27.8 Å². The standard InChI is InChI=1S/C55H37NS/c1-36-31-39(27-29-44(36)41-19-14-20-42(32-41)52-35-43(37-15-4-2-5-16-37)34-51(56-52)38-17-6-3-7-18-38)40-28-30-54-50(33-40)55(49-25-12-13-26-53(49)57-54)47-23-10-8-21-45(47)46-22-9-11-24-48(46)55/h2-35H,1H3. The molecule has 11 rings (SSSR count). The van der Waals surface area contributed by atoms with Gasteiger partial charge in [-0.15, -0.1) is 0 Å². The number of aromatic nitrogens is 1. The first-order chi connectivity index (χ1) is 28.1. The Bertz CT molecular complexity index is 2900. The van der Waals surface area contributed by atoms with Gasteiger partial charge in [0.2, 0.25) is 0 Å². The fraction of sp³-hybridized carbons (Fsp3) is 0.0364. The van der Waals surface area contributed by atoms with E-state index >= 15 is 0 Å². The summed E-state index contributed by atoms with van der Waals surface area (Å²) in [5.41, 5.74) is 20.3. The highest BCUT2D eigenvalue weighted by molar-refractivity contribution is 7.99. The first kappa shape index (κ1) is 33.6. The highest BCUT2D eigenvalue weighted by Gasteiger charge is 2.50. The third-order valence-electron chi connectivity index (χ3n) is 11.9. The fourth-order valence-electron chi connectivity index (χ4n) is 9.28. The van der Waals surface area contributed by atoms with Crippen molar-refractivity contribution in [1.82, 2.24) is 4.98 Å². The predicted molar refractivity (Wildman–Crippen MR) is 238 cm³/mol. The Labute approximate surface area is 338 Å². The Morgan fingerprint density at radius 1 is 0.333 bits per heavy atom. The van der Waals surface area contributed by atoms with Crippen LogP contribution < -0.4 is 0 Å². The van der Waals surface area contributed by atoms with Crippen LogP contribution in [0.2, 0.25) is 0 Å². The van der Waals surface area contributed by atoms with Crippen LogP contribution >= 0.6 is 11.8 Å². The number of hydrogen-bond acceptors (Lipinski definition) is 2. The molecule has 8 aromatic carbocycles. The molecule has 0 saturated heterocycles. The maximum absolute atomic E-state index is 5.22. The molecular formula is C55H37NS. The molecule has 0 fully saturated rings. The van der Waals surface area contributed by atoms with Crippen LogP contribution in [0.15, 0.2) is 216 Å². The molecule has 0 atom stereocenters. The zero-order valence-electron chi connectivity index (χ0n) is 31.5. The largest absolute Gasteiger partial charge is 0.248 e. The third kappa shape index (κ3) is 5.44. The molecule has 1 nitrogen and oxygen atoms in total. The molecule has 1 spiro atoms. The molecule has 2 heterocycles. The maximum atomic E-state index is 5.22. The minimum absolute atomic E-state index is 0.387. The van der Waals surface area contributed by atoms with Gasteiger partial charge in [0.05, 0.1) is 16.8 Å². The van der Waals surface area contributed by atoms with Crippen molar-refractivity contribution in [2.24, 2.45) is 0 Å². The smallest absolute Gasteiger partial charge is 0.0735 e. The second kappa shape index (κ2) is 13.5. The van der Waals surface area contributed by atoms with Crippen LogP contribution in [-0.2, 0) is 5.41 Å². The molecule has 0 bridgehead atoms. The zero-order chi connectivity index (χ0) is 37.9. The molecule has 2 aliphatic rings. The van der Waals surface area contributed by atoms with Gasteiger partial charge in [-0.05, 0) is 116 Å². The summed E-state index contributed by atoms with van der Waals surface area (Å²) in [4.78, 5) is 7.85. The molecule has 0 N–H and O–H groups in total. The fourth-order valence-corrected chi connectivity index (χ4v) is 10.5. The molecule has 57 heavy (non-hydrogen) atoms. The van der Waals surface area contributed by atoms with E-state index in [-0.39, 0.29) is 5.41 Å². The lowest BCUT2D eigenvalue weighted by Crippen LogP contribution is -2.32. The number of hydrogen-bond donors (Lipinski definition) is 0. The molecule has 1 aliphatic carbocycles. The monoisotopic (exact) mass is 743 g/mol. The zero-order valence-corrected chi connectivity index (χ0v) is 32.3. The topological polar surface area (TPSA) is 12.9 Å². The second-order valence-corrected chi connectivity index (χ2v) is 16.2. The van der Waals surface area contributed by atoms with E-state index in [1.165, 1.54) is 76.6 Å². The van der Waals surface area contributed by atoms with Crippen molar-refractivity contribution in [3.05, 3.63) is 234 Å². The van der Waals surface area contributed by atoms with Gasteiger partial charge < -0.3 is 0 Å². The lowest BCUT2D eigenvalue weighted by atomic mass is 9.67. The van der Waals surface area contributed by atoms with Gasteiger partial charge in [-0.1, -0.05) is 182 Å². The van der Waals surface area contributed by atoms with Gasteiger partial charge in [-0.25, -0.2) is 4.98 Å². The highest BCUT2D eigenvalue weighted by Crippen LogP contribution is 2.62. The van der Waals surface area contributed by atoms with E-state index in [0.717, 1.165) is 28.1 Å². The van der Waals surface area contributed by atoms with Gasteiger partial charge in [-0.3, -0.25) is 0 Å². The molecular weight excluding hydrogens is 707 g/mol. The number of aryl methyl sites for hydroxylation is 1. The average molecular weight is 744 g/mol. The minimum Gasteiger partial charge on any atom is -0.248 e. The van der Waals surface area contributed by atoms with Crippen LogP contribution in [0, 0.1) is 6.92 Å². The van der Waals surface area contributed by atoms with Crippen molar-refractivity contribution in [3.8, 4) is 67.0 Å². The van der Waals surface area contributed by atoms with Gasteiger partial charge in [0.25, 0.3) is 0 Å². The lowest BCUT2D eigenvalue weighted by molar-refractivity contribution is 0.723. The summed E-state index contributed by atoms with van der Waals surface area (Å²) >= 11 is 1.89. The van der Waals surface area contributed by atoms with Crippen LogP contribution in [-0.4, -0.2) is 4.98 Å². The van der Waals surface area contributed by atoms with Crippen molar-refractivity contribution in [2.75, 3.05) is 0 Å². The Morgan fingerprint density at radius 3 is 1.60 bits per heavy atom. The van der Waals surface area contributed by atoms with E-state index in [1.54, 1.807) is 0 Å². The van der Waals surface area contributed by atoms with Crippen molar-refractivity contribution in [3.63, 3.8) is 0 Å². The summed E-state index contributed by atoms with van der Waals surface area (Å²) in [7, 11) is 0. The third-order valence-corrected chi connectivity index (χ3v) is 13.0. The number of benzene rings is 8. The molecule has 0 unspecified atom stereocenters. The van der Waals surface area contributed by atoms with E-state index in [9.17, 15) is 0 Å². The lowest BCUT2D eigenvalue weighted by Gasteiger charge is -2.40. The SMILES string of the molecule is Cc1cc(-c2ccc3c(c2)C2(c4ccccc4S3)c3ccccc3-c3ccccc32)ccc1-c1cccc(-c2cc(-c3ccccc3)cc(-c3ccccc3)n2)c1. The van der Waals surface area contributed by atoms with Crippen LogP contribution in [0.5, 0.6) is 0 Å². The van der Waals surface area contributed by atoms with E-state index in [0.29, 0.717) is 0 Å². The van der Waals surface area contributed by atoms with E-state index in [4.69, 9.17) is 4.98 Å². The van der Waals surface area contributed by atoms with Gasteiger partial charge >= 0.3 is 0 Å². The molecule has 9 aromatic rings. The second-order valence-electron chi connectivity index (χ2n) is 15.1. The van der Waals surface area contributed by atoms with Crippen LogP contribution in [0.4, 0.5) is 0 Å². The predicted octanol–water partition coefficient (Wildman–Crippen LogP) is 14.6. The van der Waals surface area contributed by atoms with Crippen LogP contribution in [0.25, 0.3) is 67.0 Å². The van der Waals surface area contributed by atoms with E-state index in [1.807, 2.05) is 11.8 Å². The molecule has 0 saturated carbocycles. The molecule has 1 aromatic heterocycles. The van der Waals surface area contributed by atoms with Crippen molar-refractivity contribution in [1.29, 1.82) is 0 Å². The molecule has 0 radical (unpaired) electrons. The summed E-state index contributed by atoms with van der Waals surface area (Å²) in [5, 5.41) is 0. The summed E-state index contributed by atoms with van der Waals surface area (Å²) < 4.78 is 0. The first-order valence-electron chi connectivity index (χ1n) is 19.6. The molecule has 2 heteroatoms. The molecule has 0 amide bonds. The van der Waals surface area contributed by atoms with Gasteiger partial charge in [-0.2, -0.15) is 0 Å². The van der Waals surface area contributed by atoms with Gasteiger partial charge in [0.1, 0.15) is 0 Å². The minimum atomic E-state index is -0.387. The number of fused-ring (bicyclic) bond motifs is 9. The molecule has 268 valence electrons. The van der Waals surface area contributed by atoms with Gasteiger partial charge in [0, 0.05) is 20.9 Å². The first-order valence-corrected chi connectivity index (χ1v) is 20.4. The van der Waals surface area contributed by atoms with Crippen molar-refractivity contribution < 1.29 is 0 Å². The van der Waals surface area contributed by atoms with Crippen molar-refractivity contribution >= 4 is 11.8 Å². The van der Waals surface area contributed by atoms with Crippen molar-refractivity contribution in [2.45, 2.75) is 22.1 Å². The van der Waals surface area contributed by atoms with Gasteiger partial charge in [0.15, 0.2) is 0 Å². The van der Waals surface area contributed by atoms with Crippen LogP contribution in [0.3, 0.4) is 0 Å². The highest BCUT2D eigenvalue weighted by atomic mass is 32.2. The summed E-state index contributed by atoms with van der Waals surface area (Å²) in [6.45, 7) is 2.24. The van der Waals surface area contributed by atoms with E-state index in [2.05, 4.69) is 213 Å². The Kier molecular flexibility index (Phi) is 7.94. The maximum Gasteiger partial charge on any atom is 0.0735 e. The summed E-state index contributed by atoms with van der Waals surface area (Å²) in [5.74, 6) is 0. The average Bonchev–Trinajstić information content (AvgIpc) is 3.57. The Morgan fingerprint density at radius 2 is 0.877 bits per heavy atom. The van der Waals surface area contributed by atoms with E-state index < -0.39 is 0 Å². The summed E-state index contributed by atoms with van der Waals surface area (Å²) in [6.07, 6.45) is 0. The Balaban J connectivity index is 1.00. The number of nitrogens with zero attached hydrogens (tertiary/aromatic N) is 1. The quantitative estimate of drug-likeness (QED) is 0.174. The normalized spacial score (nSPS) is 13.1. The number of pyridine rings is 1. The Hall–Kier alpha value is -6.74. The number of rotatable bonds is 5. The summed E-state index contributed by atoms with van der Waals surface area (Å²) in [6, 6.07) is 75.5.